The van der Waals surface area contributed by atoms with Gasteiger partial charge in [0, 0.05) is 0 Å². The Morgan fingerprint density at radius 1 is 1.21 bits per heavy atom. The normalized spacial score (nSPS) is 15.2. The van der Waals surface area contributed by atoms with E-state index in [-0.39, 0.29) is 33.4 Å². The second-order valence-corrected chi connectivity index (χ2v) is 8.47. The topological polar surface area (TPSA) is 103 Å². The van der Waals surface area contributed by atoms with Crippen LogP contribution in [-0.4, -0.2) is 23.5 Å². The van der Waals surface area contributed by atoms with Gasteiger partial charge in [-0.3, -0.25) is 14.5 Å². The van der Waals surface area contributed by atoms with Crippen LogP contribution in [0.2, 0.25) is 0 Å². The summed E-state index contributed by atoms with van der Waals surface area (Å²) < 4.78 is 16.8. The van der Waals surface area contributed by atoms with Gasteiger partial charge in [-0.2, -0.15) is 0 Å². The predicted molar refractivity (Wildman–Crippen MR) is 122 cm³/mol. The van der Waals surface area contributed by atoms with Crippen LogP contribution in [0.15, 0.2) is 62.7 Å². The lowest BCUT2D eigenvalue weighted by Crippen LogP contribution is -2.29. The van der Waals surface area contributed by atoms with E-state index in [1.165, 1.54) is 11.0 Å². The van der Waals surface area contributed by atoms with Gasteiger partial charge in [-0.15, -0.1) is 0 Å². The smallest absolute Gasteiger partial charge is 0.350 e. The number of carbonyl (C=O) groups is 2. The van der Waals surface area contributed by atoms with Gasteiger partial charge >= 0.3 is 5.97 Å². The van der Waals surface area contributed by atoms with Gasteiger partial charge in [0.2, 0.25) is 5.76 Å². The van der Waals surface area contributed by atoms with Gasteiger partial charge in [-0.05, 0) is 38.1 Å². The molecule has 0 radical (unpaired) electrons. The summed E-state index contributed by atoms with van der Waals surface area (Å²) in [6.45, 7) is 7.02. The molecule has 0 fully saturated rings. The van der Waals surface area contributed by atoms with E-state index in [2.05, 4.69) is 11.6 Å². The van der Waals surface area contributed by atoms with Crippen molar-refractivity contribution in [3.05, 3.63) is 92.7 Å². The zero-order chi connectivity index (χ0) is 23.3. The summed E-state index contributed by atoms with van der Waals surface area (Å²) in [5.74, 6) is -0.149. The molecule has 33 heavy (non-hydrogen) atoms. The van der Waals surface area contributed by atoms with Gasteiger partial charge < -0.3 is 13.6 Å². The number of rotatable bonds is 5. The summed E-state index contributed by atoms with van der Waals surface area (Å²) in [6.07, 6.45) is 1.47. The third-order valence-corrected chi connectivity index (χ3v) is 6.45. The molecule has 5 rings (SSSR count). The molecule has 1 atom stereocenters. The molecule has 9 heteroatoms. The minimum atomic E-state index is -0.885. The van der Waals surface area contributed by atoms with Crippen molar-refractivity contribution in [2.45, 2.75) is 19.9 Å². The molecule has 1 aromatic carbocycles. The summed E-state index contributed by atoms with van der Waals surface area (Å²) in [7, 11) is 0. The molecule has 1 aliphatic rings. The summed E-state index contributed by atoms with van der Waals surface area (Å²) in [5, 5.41) is 0.597. The summed E-state index contributed by atoms with van der Waals surface area (Å²) >= 11 is 1.00. The quantitative estimate of drug-likeness (QED) is 0.317. The lowest BCUT2D eigenvalue weighted by atomic mass is 10.0. The summed E-state index contributed by atoms with van der Waals surface area (Å²) in [4.78, 5) is 45.5. The lowest BCUT2D eigenvalue weighted by molar-refractivity contribution is 0.0554. The number of aryl methyl sites for hydroxylation is 2. The van der Waals surface area contributed by atoms with Gasteiger partial charge in [0.05, 0.1) is 16.6 Å². The first-order chi connectivity index (χ1) is 15.9. The number of thiazole rings is 1. The average Bonchev–Trinajstić information content (AvgIpc) is 3.48. The van der Waals surface area contributed by atoms with Crippen LogP contribution < -0.4 is 10.3 Å². The number of benzene rings is 1. The number of aromatic nitrogens is 1. The molecule has 0 N–H and O–H groups in total. The largest absolute Gasteiger partial charge is 0.464 e. The summed E-state index contributed by atoms with van der Waals surface area (Å²) in [5.41, 5.74) is 0.582. The van der Waals surface area contributed by atoms with Crippen LogP contribution in [0.5, 0.6) is 0 Å². The van der Waals surface area contributed by atoms with Crippen molar-refractivity contribution in [1.82, 2.24) is 4.98 Å². The highest BCUT2D eigenvalue weighted by Gasteiger charge is 2.46. The molecule has 0 bridgehead atoms. The van der Waals surface area contributed by atoms with Crippen LogP contribution in [0, 0.1) is 13.8 Å². The first-order valence-corrected chi connectivity index (χ1v) is 10.9. The Hall–Kier alpha value is -3.98. The Balaban J connectivity index is 1.70. The van der Waals surface area contributed by atoms with Crippen LogP contribution >= 0.6 is 11.3 Å². The number of hydrogen-bond donors (Lipinski definition) is 0. The number of hydrogen-bond acceptors (Lipinski definition) is 8. The van der Waals surface area contributed by atoms with E-state index in [1.807, 2.05) is 0 Å². The number of amides is 1. The zero-order valence-corrected chi connectivity index (χ0v) is 18.6. The van der Waals surface area contributed by atoms with E-state index >= 15 is 0 Å². The zero-order valence-electron chi connectivity index (χ0n) is 17.8. The lowest BCUT2D eigenvalue weighted by Gasteiger charge is -2.20. The van der Waals surface area contributed by atoms with Crippen LogP contribution in [-0.2, 0) is 4.74 Å². The Kier molecular flexibility index (Phi) is 4.98. The third kappa shape index (κ3) is 3.28. The number of nitrogens with zero attached hydrogens (tertiary/aromatic N) is 2. The van der Waals surface area contributed by atoms with E-state index in [0.29, 0.717) is 28.2 Å². The number of carbonyl (C=O) groups excluding carboxylic acids is 2. The number of anilines is 1. The molecule has 3 aromatic heterocycles. The van der Waals surface area contributed by atoms with Gasteiger partial charge in [-0.1, -0.05) is 36.1 Å². The van der Waals surface area contributed by atoms with E-state index in [0.717, 1.165) is 11.3 Å². The predicted octanol–water partition coefficient (Wildman–Crippen LogP) is 4.55. The van der Waals surface area contributed by atoms with Crippen molar-refractivity contribution in [2.75, 3.05) is 11.5 Å². The first kappa shape index (κ1) is 20.9. The van der Waals surface area contributed by atoms with Crippen molar-refractivity contribution >= 4 is 39.3 Å². The van der Waals surface area contributed by atoms with Crippen LogP contribution in [0.1, 0.15) is 49.0 Å². The number of fused-ring (bicyclic) bond motifs is 2. The highest BCUT2D eigenvalue weighted by atomic mass is 32.1. The molecule has 0 saturated heterocycles. The molecule has 1 aliphatic heterocycles. The standard InChI is InChI=1S/C24H18N2O6S/c1-4-11-30-23(29)21-13(3)25-24(33-21)26-18(16-10-9-12(2)31-16)17-19(27)14-7-5-6-8-15(14)32-20(17)22(26)28/h4-10,18H,1,11H2,2-3H3/t18-/m0/s1. The van der Waals surface area contributed by atoms with Crippen LogP contribution in [0.25, 0.3) is 11.0 Å². The van der Waals surface area contributed by atoms with Crippen LogP contribution in [0.4, 0.5) is 5.13 Å². The number of ether oxygens (including phenoxy) is 1. The maximum Gasteiger partial charge on any atom is 0.350 e. The molecule has 4 aromatic rings. The fraction of sp³-hybridized carbons (Fsp3) is 0.167. The molecular weight excluding hydrogens is 444 g/mol. The molecule has 0 saturated carbocycles. The fourth-order valence-corrected chi connectivity index (χ4v) is 4.85. The average molecular weight is 462 g/mol. The van der Waals surface area contributed by atoms with Gasteiger partial charge in [0.15, 0.2) is 10.6 Å². The van der Waals surface area contributed by atoms with Crippen molar-refractivity contribution < 1.29 is 23.2 Å². The van der Waals surface area contributed by atoms with E-state index in [1.54, 1.807) is 50.2 Å². The minimum Gasteiger partial charge on any atom is -0.464 e. The molecule has 1 amide bonds. The monoisotopic (exact) mass is 462 g/mol. The van der Waals surface area contributed by atoms with Crippen molar-refractivity contribution in [3.63, 3.8) is 0 Å². The highest BCUT2D eigenvalue weighted by Crippen LogP contribution is 2.43. The second-order valence-electron chi connectivity index (χ2n) is 7.49. The van der Waals surface area contributed by atoms with Crippen molar-refractivity contribution in [1.29, 1.82) is 0 Å². The number of furan rings is 1. The van der Waals surface area contributed by atoms with Crippen molar-refractivity contribution in [2.24, 2.45) is 0 Å². The molecule has 0 unspecified atom stereocenters. The van der Waals surface area contributed by atoms with Crippen molar-refractivity contribution in [3.8, 4) is 0 Å². The van der Waals surface area contributed by atoms with Gasteiger partial charge in [0.1, 0.15) is 34.6 Å². The number of para-hydroxylation sites is 1. The minimum absolute atomic E-state index is 0.0545. The Morgan fingerprint density at radius 2 is 2.00 bits per heavy atom. The SMILES string of the molecule is C=CCOC(=O)c1sc(N2C(=O)c3oc4ccccc4c(=O)c3[C@@H]2c2ccc(C)o2)nc1C. The molecule has 0 spiro atoms. The fourth-order valence-electron chi connectivity index (χ4n) is 3.86. The summed E-state index contributed by atoms with van der Waals surface area (Å²) in [6, 6.07) is 9.34. The highest BCUT2D eigenvalue weighted by molar-refractivity contribution is 7.17. The van der Waals surface area contributed by atoms with E-state index in [9.17, 15) is 14.4 Å². The maximum atomic E-state index is 13.5. The number of esters is 1. The maximum absolute atomic E-state index is 13.5. The van der Waals surface area contributed by atoms with Gasteiger partial charge in [0.25, 0.3) is 5.91 Å². The van der Waals surface area contributed by atoms with Gasteiger partial charge in [-0.25, -0.2) is 9.78 Å². The molecule has 0 aliphatic carbocycles. The Morgan fingerprint density at radius 3 is 2.73 bits per heavy atom. The molecule has 166 valence electrons. The van der Waals surface area contributed by atoms with Crippen LogP contribution in [0.3, 0.4) is 0 Å². The molecular formula is C24H18N2O6S. The third-order valence-electron chi connectivity index (χ3n) is 5.32. The first-order valence-electron chi connectivity index (χ1n) is 10.1. The van der Waals surface area contributed by atoms with E-state index < -0.39 is 17.9 Å². The Labute approximate surface area is 191 Å². The second kappa shape index (κ2) is 7.86. The Bertz CT molecular complexity index is 1490. The van der Waals surface area contributed by atoms with E-state index in [4.69, 9.17) is 13.6 Å². The molecule has 4 heterocycles. The molecule has 8 nitrogen and oxygen atoms in total.